The lowest BCUT2D eigenvalue weighted by molar-refractivity contribution is -0.143. The van der Waals surface area contributed by atoms with Crippen LogP contribution in [0.4, 0.5) is 0 Å². The van der Waals surface area contributed by atoms with Gasteiger partial charge in [0.25, 0.3) is 0 Å². The molecule has 1 heterocycles. The minimum Gasteiger partial charge on any atom is -0.381 e. The second kappa shape index (κ2) is 6.02. The molecule has 2 atom stereocenters. The Balaban J connectivity index is 1.99. The standard InChI is InChI=1S/C16H30N2O2/c1-5-6-16(7-9-17-10-8-16)14(19)18-12-11-13(20-4)15(12,2)3/h12-13,17H,5-11H2,1-4H3,(H,18,19). The topological polar surface area (TPSA) is 50.4 Å². The maximum atomic E-state index is 12.8. The second-order valence-electron chi connectivity index (χ2n) is 7.09. The summed E-state index contributed by atoms with van der Waals surface area (Å²) in [7, 11) is 1.76. The number of carbonyl (C=O) groups is 1. The van der Waals surface area contributed by atoms with Crippen LogP contribution in [-0.2, 0) is 9.53 Å². The minimum atomic E-state index is -0.145. The monoisotopic (exact) mass is 282 g/mol. The molecule has 1 aliphatic carbocycles. The highest BCUT2D eigenvalue weighted by Gasteiger charge is 2.51. The third-order valence-electron chi connectivity index (χ3n) is 5.54. The molecule has 0 aromatic rings. The number of piperidine rings is 1. The molecule has 0 radical (unpaired) electrons. The average molecular weight is 282 g/mol. The highest BCUT2D eigenvalue weighted by molar-refractivity contribution is 5.83. The van der Waals surface area contributed by atoms with Gasteiger partial charge >= 0.3 is 0 Å². The van der Waals surface area contributed by atoms with Crippen LogP contribution in [-0.4, -0.2) is 38.3 Å². The van der Waals surface area contributed by atoms with Gasteiger partial charge in [0.1, 0.15) is 0 Å². The number of hydrogen-bond acceptors (Lipinski definition) is 3. The maximum Gasteiger partial charge on any atom is 0.226 e. The first-order chi connectivity index (χ1) is 9.46. The van der Waals surface area contributed by atoms with Gasteiger partial charge in [0.2, 0.25) is 5.91 Å². The summed E-state index contributed by atoms with van der Waals surface area (Å²) in [4.78, 5) is 12.8. The van der Waals surface area contributed by atoms with E-state index in [-0.39, 0.29) is 28.9 Å². The zero-order valence-electron chi connectivity index (χ0n) is 13.4. The van der Waals surface area contributed by atoms with Gasteiger partial charge in [-0.2, -0.15) is 0 Å². The Morgan fingerprint density at radius 1 is 1.35 bits per heavy atom. The zero-order valence-corrected chi connectivity index (χ0v) is 13.4. The van der Waals surface area contributed by atoms with E-state index in [1.807, 2.05) is 0 Å². The molecular weight excluding hydrogens is 252 g/mol. The fourth-order valence-electron chi connectivity index (χ4n) is 3.82. The van der Waals surface area contributed by atoms with Crippen LogP contribution in [0.25, 0.3) is 0 Å². The number of ether oxygens (including phenoxy) is 1. The predicted octanol–water partition coefficient (Wildman–Crippen LogP) is 2.09. The molecule has 2 fully saturated rings. The maximum absolute atomic E-state index is 12.8. The van der Waals surface area contributed by atoms with Crippen molar-refractivity contribution in [1.29, 1.82) is 0 Å². The normalized spacial score (nSPS) is 31.4. The highest BCUT2D eigenvalue weighted by atomic mass is 16.5. The van der Waals surface area contributed by atoms with Crippen LogP contribution < -0.4 is 10.6 Å². The van der Waals surface area contributed by atoms with Gasteiger partial charge in [-0.1, -0.05) is 27.2 Å². The summed E-state index contributed by atoms with van der Waals surface area (Å²) in [5.41, 5.74) is -0.0982. The molecule has 0 bridgehead atoms. The first kappa shape index (κ1) is 15.8. The lowest BCUT2D eigenvalue weighted by atomic mass is 9.63. The first-order valence-corrected chi connectivity index (χ1v) is 8.01. The summed E-state index contributed by atoms with van der Waals surface area (Å²) >= 11 is 0. The Hall–Kier alpha value is -0.610. The van der Waals surface area contributed by atoms with E-state index in [4.69, 9.17) is 4.74 Å². The number of nitrogens with one attached hydrogen (secondary N) is 2. The lowest BCUT2D eigenvalue weighted by Gasteiger charge is -2.52. The minimum absolute atomic E-state index is 0.0464. The molecule has 4 nitrogen and oxygen atoms in total. The van der Waals surface area contributed by atoms with Crippen LogP contribution in [0.2, 0.25) is 0 Å². The molecule has 2 rings (SSSR count). The van der Waals surface area contributed by atoms with E-state index >= 15 is 0 Å². The lowest BCUT2D eigenvalue weighted by Crippen LogP contribution is -2.64. The van der Waals surface area contributed by atoms with Crippen molar-refractivity contribution in [2.45, 2.75) is 65.0 Å². The van der Waals surface area contributed by atoms with Crippen molar-refractivity contribution in [3.05, 3.63) is 0 Å². The Bertz CT molecular complexity index is 343. The van der Waals surface area contributed by atoms with Crippen LogP contribution in [0.1, 0.15) is 52.9 Å². The van der Waals surface area contributed by atoms with Crippen molar-refractivity contribution >= 4 is 5.91 Å². The van der Waals surface area contributed by atoms with Gasteiger partial charge in [-0.25, -0.2) is 0 Å². The molecule has 0 aromatic carbocycles. The number of carbonyl (C=O) groups excluding carboxylic acids is 1. The molecule has 1 saturated carbocycles. The van der Waals surface area contributed by atoms with E-state index in [2.05, 4.69) is 31.4 Å². The van der Waals surface area contributed by atoms with Crippen molar-refractivity contribution in [3.63, 3.8) is 0 Å². The Kier molecular flexibility index (Phi) is 4.75. The van der Waals surface area contributed by atoms with Gasteiger partial charge in [-0.3, -0.25) is 4.79 Å². The van der Waals surface area contributed by atoms with Gasteiger partial charge in [-0.15, -0.1) is 0 Å². The van der Waals surface area contributed by atoms with Crippen LogP contribution in [0, 0.1) is 10.8 Å². The van der Waals surface area contributed by atoms with Crippen molar-refractivity contribution in [3.8, 4) is 0 Å². The predicted molar refractivity (Wildman–Crippen MR) is 80.6 cm³/mol. The molecule has 2 aliphatic rings. The smallest absolute Gasteiger partial charge is 0.226 e. The third-order valence-corrected chi connectivity index (χ3v) is 5.54. The number of amides is 1. The summed E-state index contributed by atoms with van der Waals surface area (Å²) in [6.07, 6.45) is 5.21. The number of methoxy groups -OCH3 is 1. The third kappa shape index (κ3) is 2.73. The van der Waals surface area contributed by atoms with Crippen molar-refractivity contribution < 1.29 is 9.53 Å². The quantitative estimate of drug-likeness (QED) is 0.812. The molecule has 20 heavy (non-hydrogen) atoms. The van der Waals surface area contributed by atoms with Gasteiger partial charge < -0.3 is 15.4 Å². The SMILES string of the molecule is CCCC1(C(=O)NC2CC(OC)C2(C)C)CCNCC1. The van der Waals surface area contributed by atoms with E-state index < -0.39 is 0 Å². The summed E-state index contributed by atoms with van der Waals surface area (Å²) in [6, 6.07) is 0.253. The van der Waals surface area contributed by atoms with E-state index in [0.29, 0.717) is 0 Å². The number of hydrogen-bond donors (Lipinski definition) is 2. The van der Waals surface area contributed by atoms with Gasteiger partial charge in [0.05, 0.1) is 11.5 Å². The summed E-state index contributed by atoms with van der Waals surface area (Å²) in [6.45, 7) is 8.46. The van der Waals surface area contributed by atoms with Crippen molar-refractivity contribution in [2.75, 3.05) is 20.2 Å². The average Bonchev–Trinajstić information content (AvgIpc) is 2.44. The second-order valence-corrected chi connectivity index (χ2v) is 7.09. The van der Waals surface area contributed by atoms with E-state index in [9.17, 15) is 4.79 Å². The van der Waals surface area contributed by atoms with Crippen LogP contribution in [0.5, 0.6) is 0 Å². The van der Waals surface area contributed by atoms with Gasteiger partial charge in [0, 0.05) is 18.6 Å². The van der Waals surface area contributed by atoms with E-state index in [0.717, 1.165) is 45.2 Å². The molecule has 0 spiro atoms. The molecule has 0 aromatic heterocycles. The van der Waals surface area contributed by atoms with E-state index in [1.165, 1.54) is 0 Å². The van der Waals surface area contributed by atoms with Crippen LogP contribution >= 0.6 is 0 Å². The molecule has 2 N–H and O–H groups in total. The van der Waals surface area contributed by atoms with Crippen LogP contribution in [0.3, 0.4) is 0 Å². The summed E-state index contributed by atoms with van der Waals surface area (Å²) in [5.74, 6) is 0.272. The molecule has 116 valence electrons. The van der Waals surface area contributed by atoms with Crippen molar-refractivity contribution in [2.24, 2.45) is 10.8 Å². The zero-order chi connectivity index (χ0) is 14.8. The Morgan fingerprint density at radius 2 is 2.00 bits per heavy atom. The molecule has 4 heteroatoms. The molecule has 2 unspecified atom stereocenters. The highest BCUT2D eigenvalue weighted by Crippen LogP contribution is 2.43. The number of rotatable bonds is 5. The van der Waals surface area contributed by atoms with E-state index in [1.54, 1.807) is 7.11 Å². The fraction of sp³-hybridized carbons (Fsp3) is 0.938. The fourth-order valence-corrected chi connectivity index (χ4v) is 3.82. The van der Waals surface area contributed by atoms with Crippen LogP contribution in [0.15, 0.2) is 0 Å². The molecule has 1 saturated heterocycles. The molecule has 1 amide bonds. The van der Waals surface area contributed by atoms with Gasteiger partial charge in [-0.05, 0) is 38.8 Å². The first-order valence-electron chi connectivity index (χ1n) is 8.01. The molecular formula is C16H30N2O2. The van der Waals surface area contributed by atoms with Gasteiger partial charge in [0.15, 0.2) is 0 Å². The largest absolute Gasteiger partial charge is 0.381 e. The Labute approximate surface area is 123 Å². The molecule has 1 aliphatic heterocycles. The summed E-state index contributed by atoms with van der Waals surface area (Å²) in [5, 5.41) is 6.69. The Morgan fingerprint density at radius 3 is 2.50 bits per heavy atom. The van der Waals surface area contributed by atoms with Crippen molar-refractivity contribution in [1.82, 2.24) is 10.6 Å². The summed E-state index contributed by atoms with van der Waals surface area (Å²) < 4.78 is 5.47.